The highest BCUT2D eigenvalue weighted by Gasteiger charge is 2.21. The summed E-state index contributed by atoms with van der Waals surface area (Å²) in [6.45, 7) is 2.49. The van der Waals surface area contributed by atoms with Crippen LogP contribution in [0.3, 0.4) is 0 Å². The van der Waals surface area contributed by atoms with E-state index in [1.165, 1.54) is 24.3 Å². The number of carbonyl (C=O) groups is 2. The van der Waals surface area contributed by atoms with Gasteiger partial charge in [0.15, 0.2) is 0 Å². The fourth-order valence-electron chi connectivity index (χ4n) is 2.80. The van der Waals surface area contributed by atoms with Crippen molar-refractivity contribution in [3.63, 3.8) is 0 Å². The molecule has 0 saturated carbocycles. The van der Waals surface area contributed by atoms with Crippen LogP contribution < -0.4 is 10.2 Å². The van der Waals surface area contributed by atoms with Gasteiger partial charge < -0.3 is 10.2 Å². The summed E-state index contributed by atoms with van der Waals surface area (Å²) in [6, 6.07) is 11.7. The number of nitrogens with zero attached hydrogens (tertiary/aromatic N) is 1. The van der Waals surface area contributed by atoms with Gasteiger partial charge in [0, 0.05) is 30.4 Å². The number of nitrogens with one attached hydrogen (secondary N) is 1. The standard InChI is InChI=1S/C20H19FN2O2/c1-14-13-16(21)7-10-18(14)22-19(24)11-6-15-4-8-17(9-5-15)23-12-2-3-20(23)25/h4-11,13H,2-3,12H2,1H3,(H,22,24)/b11-6+. The number of halogens is 1. The third-order valence-corrected chi connectivity index (χ3v) is 4.15. The van der Waals surface area contributed by atoms with Crippen molar-refractivity contribution in [2.75, 3.05) is 16.8 Å². The highest BCUT2D eigenvalue weighted by Crippen LogP contribution is 2.22. The molecule has 2 amide bonds. The minimum absolute atomic E-state index is 0.150. The molecule has 0 spiro atoms. The molecule has 0 unspecified atom stereocenters. The van der Waals surface area contributed by atoms with Crippen molar-refractivity contribution in [1.29, 1.82) is 0 Å². The Labute approximate surface area is 146 Å². The first-order valence-corrected chi connectivity index (χ1v) is 8.18. The van der Waals surface area contributed by atoms with Crippen LogP contribution in [-0.4, -0.2) is 18.4 Å². The number of aryl methyl sites for hydroxylation is 1. The molecule has 0 aliphatic carbocycles. The van der Waals surface area contributed by atoms with E-state index >= 15 is 0 Å². The number of rotatable bonds is 4. The van der Waals surface area contributed by atoms with Crippen LogP contribution in [0.1, 0.15) is 24.0 Å². The summed E-state index contributed by atoms with van der Waals surface area (Å²) in [7, 11) is 0. The van der Waals surface area contributed by atoms with Crippen molar-refractivity contribution in [2.24, 2.45) is 0 Å². The molecule has 1 aliphatic heterocycles. The number of benzene rings is 2. The first-order chi connectivity index (χ1) is 12.0. The predicted molar refractivity (Wildman–Crippen MR) is 96.8 cm³/mol. The molecule has 1 aliphatic rings. The van der Waals surface area contributed by atoms with E-state index in [2.05, 4.69) is 5.32 Å². The Morgan fingerprint density at radius 2 is 1.96 bits per heavy atom. The number of hydrogen-bond acceptors (Lipinski definition) is 2. The molecule has 4 nitrogen and oxygen atoms in total. The minimum Gasteiger partial charge on any atom is -0.322 e. The van der Waals surface area contributed by atoms with Gasteiger partial charge in [-0.15, -0.1) is 0 Å². The van der Waals surface area contributed by atoms with E-state index in [9.17, 15) is 14.0 Å². The van der Waals surface area contributed by atoms with Crippen molar-refractivity contribution >= 4 is 29.3 Å². The van der Waals surface area contributed by atoms with E-state index in [4.69, 9.17) is 0 Å². The Morgan fingerprint density at radius 1 is 1.20 bits per heavy atom. The molecule has 1 N–H and O–H groups in total. The Balaban J connectivity index is 1.63. The third kappa shape index (κ3) is 4.12. The normalized spacial score (nSPS) is 14.3. The zero-order valence-electron chi connectivity index (χ0n) is 14.0. The van der Waals surface area contributed by atoms with Gasteiger partial charge in [-0.25, -0.2) is 4.39 Å². The predicted octanol–water partition coefficient (Wildman–Crippen LogP) is 3.91. The molecular formula is C20H19FN2O2. The lowest BCUT2D eigenvalue weighted by atomic mass is 10.1. The van der Waals surface area contributed by atoms with Gasteiger partial charge in [0.25, 0.3) is 0 Å². The van der Waals surface area contributed by atoms with E-state index in [0.29, 0.717) is 17.7 Å². The van der Waals surface area contributed by atoms with Crippen molar-refractivity contribution < 1.29 is 14.0 Å². The van der Waals surface area contributed by atoms with Crippen LogP contribution in [0.5, 0.6) is 0 Å². The van der Waals surface area contributed by atoms with E-state index in [1.807, 2.05) is 24.3 Å². The Bertz CT molecular complexity index is 828. The van der Waals surface area contributed by atoms with Crippen LogP contribution in [0.15, 0.2) is 48.5 Å². The number of hydrogen-bond donors (Lipinski definition) is 1. The third-order valence-electron chi connectivity index (χ3n) is 4.15. The summed E-state index contributed by atoms with van der Waals surface area (Å²) in [5.74, 6) is -0.464. The second-order valence-electron chi connectivity index (χ2n) is 6.02. The molecule has 1 fully saturated rings. The smallest absolute Gasteiger partial charge is 0.248 e. The van der Waals surface area contributed by atoms with E-state index in [1.54, 1.807) is 17.9 Å². The van der Waals surface area contributed by atoms with Crippen molar-refractivity contribution in [2.45, 2.75) is 19.8 Å². The number of anilines is 2. The van der Waals surface area contributed by atoms with Crippen molar-refractivity contribution in [3.05, 3.63) is 65.5 Å². The van der Waals surface area contributed by atoms with Gasteiger partial charge in [-0.05, 0) is 60.9 Å². The second-order valence-corrected chi connectivity index (χ2v) is 6.02. The SMILES string of the molecule is Cc1cc(F)ccc1NC(=O)/C=C/c1ccc(N2CCCC2=O)cc1. The van der Waals surface area contributed by atoms with E-state index in [-0.39, 0.29) is 17.6 Å². The van der Waals surface area contributed by atoms with Gasteiger partial charge in [-0.2, -0.15) is 0 Å². The maximum Gasteiger partial charge on any atom is 0.248 e. The molecule has 0 radical (unpaired) electrons. The van der Waals surface area contributed by atoms with Gasteiger partial charge in [-0.3, -0.25) is 9.59 Å². The fourth-order valence-corrected chi connectivity index (χ4v) is 2.80. The first-order valence-electron chi connectivity index (χ1n) is 8.18. The summed E-state index contributed by atoms with van der Waals surface area (Å²) in [5, 5.41) is 2.72. The Morgan fingerprint density at radius 3 is 2.60 bits per heavy atom. The fraction of sp³-hybridized carbons (Fsp3) is 0.200. The average Bonchev–Trinajstić information content (AvgIpc) is 3.02. The molecule has 25 heavy (non-hydrogen) atoms. The highest BCUT2D eigenvalue weighted by molar-refractivity contribution is 6.02. The topological polar surface area (TPSA) is 49.4 Å². The molecule has 0 atom stereocenters. The van der Waals surface area contributed by atoms with Gasteiger partial charge in [0.05, 0.1) is 0 Å². The summed E-state index contributed by atoms with van der Waals surface area (Å²) in [4.78, 5) is 25.5. The van der Waals surface area contributed by atoms with Crippen LogP contribution in [-0.2, 0) is 9.59 Å². The molecule has 1 heterocycles. The largest absolute Gasteiger partial charge is 0.322 e. The summed E-state index contributed by atoms with van der Waals surface area (Å²) < 4.78 is 13.1. The number of carbonyl (C=O) groups excluding carboxylic acids is 2. The molecule has 0 aromatic heterocycles. The maximum absolute atomic E-state index is 13.1. The minimum atomic E-state index is -0.331. The average molecular weight is 338 g/mol. The van der Waals surface area contributed by atoms with E-state index < -0.39 is 0 Å². The molecule has 1 saturated heterocycles. The first kappa shape index (κ1) is 16.9. The zero-order valence-corrected chi connectivity index (χ0v) is 14.0. The Hall–Kier alpha value is -2.95. The monoisotopic (exact) mass is 338 g/mol. The van der Waals surface area contributed by atoms with Crippen LogP contribution in [0.25, 0.3) is 6.08 Å². The molecule has 3 rings (SSSR count). The van der Waals surface area contributed by atoms with Gasteiger partial charge in [-0.1, -0.05) is 12.1 Å². The van der Waals surface area contributed by atoms with E-state index in [0.717, 1.165) is 24.2 Å². The van der Waals surface area contributed by atoms with Crippen LogP contribution in [0, 0.1) is 12.7 Å². The highest BCUT2D eigenvalue weighted by atomic mass is 19.1. The van der Waals surface area contributed by atoms with Gasteiger partial charge in [0.2, 0.25) is 11.8 Å². The van der Waals surface area contributed by atoms with Crippen molar-refractivity contribution in [1.82, 2.24) is 0 Å². The lowest BCUT2D eigenvalue weighted by molar-refractivity contribution is -0.117. The summed E-state index contributed by atoms with van der Waals surface area (Å²) >= 11 is 0. The molecular weight excluding hydrogens is 319 g/mol. The Kier molecular flexibility index (Phi) is 4.93. The molecule has 2 aromatic rings. The lowest BCUT2D eigenvalue weighted by Gasteiger charge is -2.15. The lowest BCUT2D eigenvalue weighted by Crippen LogP contribution is -2.23. The van der Waals surface area contributed by atoms with Gasteiger partial charge >= 0.3 is 0 Å². The van der Waals surface area contributed by atoms with Crippen LogP contribution >= 0.6 is 0 Å². The van der Waals surface area contributed by atoms with Crippen LogP contribution in [0.4, 0.5) is 15.8 Å². The number of amides is 2. The summed E-state index contributed by atoms with van der Waals surface area (Å²) in [5.41, 5.74) is 2.99. The maximum atomic E-state index is 13.1. The van der Waals surface area contributed by atoms with Gasteiger partial charge in [0.1, 0.15) is 5.82 Å². The quantitative estimate of drug-likeness (QED) is 0.859. The zero-order chi connectivity index (χ0) is 17.8. The van der Waals surface area contributed by atoms with Crippen LogP contribution in [0.2, 0.25) is 0 Å². The summed E-state index contributed by atoms with van der Waals surface area (Å²) in [6.07, 6.45) is 4.62. The molecule has 128 valence electrons. The molecule has 5 heteroatoms. The molecule has 2 aromatic carbocycles. The second kappa shape index (κ2) is 7.30. The molecule has 0 bridgehead atoms. The van der Waals surface area contributed by atoms with Crippen molar-refractivity contribution in [3.8, 4) is 0 Å².